The molecular formula is C18H16BrNO4. The molecule has 2 aromatic rings. The van der Waals surface area contributed by atoms with Gasteiger partial charge in [-0.2, -0.15) is 0 Å². The van der Waals surface area contributed by atoms with Gasteiger partial charge in [0.2, 0.25) is 0 Å². The van der Waals surface area contributed by atoms with Gasteiger partial charge in [0.25, 0.3) is 5.91 Å². The molecule has 0 radical (unpaired) electrons. The zero-order valence-corrected chi connectivity index (χ0v) is 14.8. The first-order valence-corrected chi connectivity index (χ1v) is 8.04. The van der Waals surface area contributed by atoms with Crippen molar-refractivity contribution in [3.63, 3.8) is 0 Å². The molecule has 0 aromatic heterocycles. The molecule has 6 heteroatoms. The van der Waals surface area contributed by atoms with E-state index in [1.165, 1.54) is 13.8 Å². The minimum absolute atomic E-state index is 0.0965. The van der Waals surface area contributed by atoms with E-state index < -0.39 is 18.0 Å². The van der Waals surface area contributed by atoms with Gasteiger partial charge >= 0.3 is 5.97 Å². The van der Waals surface area contributed by atoms with Crippen LogP contribution in [0.3, 0.4) is 0 Å². The summed E-state index contributed by atoms with van der Waals surface area (Å²) in [6, 6.07) is 13.2. The number of amides is 1. The normalized spacial score (nSPS) is 11.5. The summed E-state index contributed by atoms with van der Waals surface area (Å²) in [6.45, 7) is 2.93. The Balaban J connectivity index is 1.99. The SMILES string of the molecule is CC(=O)c1cccc(NC(=O)[C@@H](C)OC(=O)c2ccc(Br)cc2)c1. The van der Waals surface area contributed by atoms with Gasteiger partial charge in [-0.15, -0.1) is 0 Å². The third kappa shape index (κ3) is 4.76. The summed E-state index contributed by atoms with van der Waals surface area (Å²) in [5, 5.41) is 2.63. The van der Waals surface area contributed by atoms with Crippen LogP contribution in [0.5, 0.6) is 0 Å². The molecule has 2 rings (SSSR count). The highest BCUT2D eigenvalue weighted by molar-refractivity contribution is 9.10. The number of hydrogen-bond donors (Lipinski definition) is 1. The lowest BCUT2D eigenvalue weighted by atomic mass is 10.1. The van der Waals surface area contributed by atoms with E-state index in [1.807, 2.05) is 0 Å². The van der Waals surface area contributed by atoms with Crippen LogP contribution in [0.2, 0.25) is 0 Å². The molecular weight excluding hydrogens is 374 g/mol. The monoisotopic (exact) mass is 389 g/mol. The lowest BCUT2D eigenvalue weighted by Crippen LogP contribution is -2.30. The molecule has 24 heavy (non-hydrogen) atoms. The lowest BCUT2D eigenvalue weighted by Gasteiger charge is -2.14. The van der Waals surface area contributed by atoms with Crippen LogP contribution in [0.25, 0.3) is 0 Å². The first-order valence-electron chi connectivity index (χ1n) is 7.25. The summed E-state index contributed by atoms with van der Waals surface area (Å²) in [6.07, 6.45) is -0.970. The number of nitrogens with one attached hydrogen (secondary N) is 1. The molecule has 0 saturated carbocycles. The van der Waals surface area contributed by atoms with Gasteiger partial charge in [0, 0.05) is 15.7 Å². The smallest absolute Gasteiger partial charge is 0.338 e. The fraction of sp³-hybridized carbons (Fsp3) is 0.167. The zero-order valence-electron chi connectivity index (χ0n) is 13.2. The Bertz CT molecular complexity index is 771. The number of carbonyl (C=O) groups excluding carboxylic acids is 3. The molecule has 0 spiro atoms. The first kappa shape index (κ1) is 17.9. The second kappa shape index (κ2) is 7.88. The number of Topliss-reactive ketones (excluding diaryl/α,β-unsaturated/α-hetero) is 1. The number of anilines is 1. The van der Waals surface area contributed by atoms with Gasteiger partial charge in [0.05, 0.1) is 5.56 Å². The fourth-order valence-corrected chi connectivity index (χ4v) is 2.19. The molecule has 1 N–H and O–H groups in total. The summed E-state index contributed by atoms with van der Waals surface area (Å²) in [4.78, 5) is 35.5. The standard InChI is InChI=1S/C18H16BrNO4/c1-11(21)14-4-3-5-16(10-14)20-17(22)12(2)24-18(23)13-6-8-15(19)9-7-13/h3-10,12H,1-2H3,(H,20,22)/t12-/m1/s1. The zero-order chi connectivity index (χ0) is 17.7. The third-order valence-corrected chi connectivity index (χ3v) is 3.80. The Kier molecular flexibility index (Phi) is 5.87. The largest absolute Gasteiger partial charge is 0.449 e. The van der Waals surface area contributed by atoms with Crippen LogP contribution in [0.15, 0.2) is 53.0 Å². The van der Waals surface area contributed by atoms with E-state index >= 15 is 0 Å². The Morgan fingerprint density at radius 2 is 1.71 bits per heavy atom. The van der Waals surface area contributed by atoms with Crippen molar-refractivity contribution in [1.82, 2.24) is 0 Å². The van der Waals surface area contributed by atoms with Gasteiger partial charge < -0.3 is 10.1 Å². The van der Waals surface area contributed by atoms with E-state index in [4.69, 9.17) is 4.74 Å². The van der Waals surface area contributed by atoms with Crippen LogP contribution < -0.4 is 5.32 Å². The van der Waals surface area contributed by atoms with Crippen LogP contribution in [0.4, 0.5) is 5.69 Å². The number of benzene rings is 2. The summed E-state index contributed by atoms with van der Waals surface area (Å²) >= 11 is 3.28. The number of rotatable bonds is 5. The highest BCUT2D eigenvalue weighted by Crippen LogP contribution is 2.14. The summed E-state index contributed by atoms with van der Waals surface area (Å²) < 4.78 is 6.00. The molecule has 0 aliphatic heterocycles. The Hall–Kier alpha value is -2.47. The summed E-state index contributed by atoms with van der Waals surface area (Å²) in [5.41, 5.74) is 1.32. The quantitative estimate of drug-likeness (QED) is 0.622. The minimum atomic E-state index is -0.970. The van der Waals surface area contributed by atoms with E-state index in [2.05, 4.69) is 21.2 Å². The average Bonchev–Trinajstić information content (AvgIpc) is 2.55. The van der Waals surface area contributed by atoms with Crippen molar-refractivity contribution in [1.29, 1.82) is 0 Å². The highest BCUT2D eigenvalue weighted by atomic mass is 79.9. The van der Waals surface area contributed by atoms with Gasteiger partial charge in [-0.05, 0) is 50.2 Å². The van der Waals surface area contributed by atoms with Gasteiger partial charge in [0.15, 0.2) is 11.9 Å². The molecule has 1 amide bonds. The van der Waals surface area contributed by atoms with Crippen molar-refractivity contribution >= 4 is 39.3 Å². The van der Waals surface area contributed by atoms with Crippen molar-refractivity contribution in [2.24, 2.45) is 0 Å². The predicted octanol–water partition coefficient (Wildman–Crippen LogP) is 3.84. The van der Waals surface area contributed by atoms with Crippen LogP contribution in [-0.2, 0) is 9.53 Å². The molecule has 124 valence electrons. The number of halogens is 1. The molecule has 0 unspecified atom stereocenters. The predicted molar refractivity (Wildman–Crippen MR) is 94.1 cm³/mol. The lowest BCUT2D eigenvalue weighted by molar-refractivity contribution is -0.123. The van der Waals surface area contributed by atoms with Gasteiger partial charge in [-0.3, -0.25) is 9.59 Å². The van der Waals surface area contributed by atoms with E-state index in [9.17, 15) is 14.4 Å². The second-order valence-electron chi connectivity index (χ2n) is 5.18. The summed E-state index contributed by atoms with van der Waals surface area (Å²) in [5.74, 6) is -1.15. The number of carbonyl (C=O) groups is 3. The average molecular weight is 390 g/mol. The number of esters is 1. The van der Waals surface area contributed by atoms with Gasteiger partial charge in [0.1, 0.15) is 0 Å². The van der Waals surface area contributed by atoms with Crippen molar-refractivity contribution in [2.75, 3.05) is 5.32 Å². The molecule has 0 heterocycles. The van der Waals surface area contributed by atoms with E-state index in [0.29, 0.717) is 16.8 Å². The number of ether oxygens (including phenoxy) is 1. The van der Waals surface area contributed by atoms with Crippen LogP contribution in [0.1, 0.15) is 34.6 Å². The van der Waals surface area contributed by atoms with Crippen molar-refractivity contribution in [2.45, 2.75) is 20.0 Å². The van der Waals surface area contributed by atoms with E-state index in [0.717, 1.165) is 4.47 Å². The molecule has 0 aliphatic carbocycles. The second-order valence-corrected chi connectivity index (χ2v) is 6.10. The molecule has 0 fully saturated rings. The first-order chi connectivity index (χ1) is 11.4. The van der Waals surface area contributed by atoms with Crippen molar-refractivity contribution < 1.29 is 19.1 Å². The topological polar surface area (TPSA) is 72.5 Å². The highest BCUT2D eigenvalue weighted by Gasteiger charge is 2.19. The van der Waals surface area contributed by atoms with Crippen LogP contribution >= 0.6 is 15.9 Å². The van der Waals surface area contributed by atoms with Gasteiger partial charge in [-0.25, -0.2) is 4.79 Å². The van der Waals surface area contributed by atoms with Gasteiger partial charge in [-0.1, -0.05) is 28.1 Å². The van der Waals surface area contributed by atoms with E-state index in [1.54, 1.807) is 48.5 Å². The maximum Gasteiger partial charge on any atom is 0.338 e. The minimum Gasteiger partial charge on any atom is -0.449 e. The molecule has 5 nitrogen and oxygen atoms in total. The fourth-order valence-electron chi connectivity index (χ4n) is 1.93. The molecule has 0 saturated heterocycles. The molecule has 0 aliphatic rings. The molecule has 2 aromatic carbocycles. The maximum absolute atomic E-state index is 12.1. The maximum atomic E-state index is 12.1. The van der Waals surface area contributed by atoms with Crippen LogP contribution in [-0.4, -0.2) is 23.8 Å². The van der Waals surface area contributed by atoms with E-state index in [-0.39, 0.29) is 5.78 Å². The Labute approximate surface area is 148 Å². The third-order valence-electron chi connectivity index (χ3n) is 3.27. The Morgan fingerprint density at radius 3 is 2.33 bits per heavy atom. The number of hydrogen-bond acceptors (Lipinski definition) is 4. The number of ketones is 1. The van der Waals surface area contributed by atoms with Crippen molar-refractivity contribution in [3.05, 3.63) is 64.1 Å². The van der Waals surface area contributed by atoms with Crippen LogP contribution in [0, 0.1) is 0 Å². The van der Waals surface area contributed by atoms with Crippen molar-refractivity contribution in [3.8, 4) is 0 Å². The molecule has 0 bridgehead atoms. The summed E-state index contributed by atoms with van der Waals surface area (Å²) in [7, 11) is 0. The molecule has 1 atom stereocenters. The Morgan fingerprint density at radius 1 is 1.04 bits per heavy atom.